The predicted molar refractivity (Wildman–Crippen MR) is 46.7 cm³/mol. The third kappa shape index (κ3) is 2.35. The zero-order valence-corrected chi connectivity index (χ0v) is 8.97. The van der Waals surface area contributed by atoms with Crippen LogP contribution < -0.4 is 0 Å². The highest BCUT2D eigenvalue weighted by Gasteiger charge is 2.51. The molecular weight excluding hydrogens is 196 g/mol. The highest BCUT2D eigenvalue weighted by atomic mass is 28.2. The summed E-state index contributed by atoms with van der Waals surface area (Å²) < 4.78 is 0. The summed E-state index contributed by atoms with van der Waals surface area (Å²) >= 11 is 0. The first-order valence-electron chi connectivity index (χ1n) is 3.58. The Balaban J connectivity index is 4.78. The average molecular weight is 210 g/mol. The monoisotopic (exact) mass is 210 g/mol. The smallest absolute Gasteiger partial charge is 0.246 e. The molecule has 13 heavy (non-hydrogen) atoms. The van der Waals surface area contributed by atoms with Crippen LogP contribution in [0.15, 0.2) is 12.3 Å². The van der Waals surface area contributed by atoms with Crippen LogP contribution in [0.25, 0.3) is 0 Å². The molecular formula is C6H14O6Si. The number of hydrogen-bond donors (Lipinski definition) is 3. The Hall–Kier alpha value is -0.283. The topological polar surface area (TPSA) is 88.4 Å². The summed E-state index contributed by atoms with van der Waals surface area (Å²) in [6, 6.07) is 0. The number of hydrogen-bond acceptors (Lipinski definition) is 6. The van der Waals surface area contributed by atoms with Gasteiger partial charge >= 0.3 is 5.97 Å². The van der Waals surface area contributed by atoms with Crippen molar-refractivity contribution in [1.82, 2.24) is 0 Å². The number of rotatable bonds is 6. The minimum Gasteiger partial charge on any atom is -0.246 e. The van der Waals surface area contributed by atoms with E-state index in [9.17, 15) is 0 Å². The predicted octanol–water partition coefficient (Wildman–Crippen LogP) is 0.620. The Morgan fingerprint density at radius 3 is 1.77 bits per heavy atom. The van der Waals surface area contributed by atoms with Gasteiger partial charge in [0.1, 0.15) is 0 Å². The lowest BCUT2D eigenvalue weighted by atomic mass is 10.1. The molecule has 6 nitrogen and oxygen atoms in total. The zero-order valence-electron chi connectivity index (χ0n) is 7.56. The molecule has 0 atom stereocenters. The molecule has 0 aromatic carbocycles. The summed E-state index contributed by atoms with van der Waals surface area (Å²) in [4.78, 5) is 11.4. The van der Waals surface area contributed by atoms with Crippen molar-refractivity contribution >= 4 is 9.52 Å². The van der Waals surface area contributed by atoms with E-state index in [-0.39, 0.29) is 0 Å². The molecule has 0 spiro atoms. The van der Waals surface area contributed by atoms with Crippen molar-refractivity contribution in [2.24, 2.45) is 0 Å². The summed E-state index contributed by atoms with van der Waals surface area (Å²) in [5.74, 6) is -2.27. The summed E-state index contributed by atoms with van der Waals surface area (Å²) in [5.41, 5.74) is 1.63. The molecule has 0 aromatic heterocycles. The SMILES string of the molecule is C=C[SiH2]C(C)(C)C(OO)(OO)OO. The molecule has 0 heterocycles. The Bertz CT molecular complexity index is 158. The fraction of sp³-hybridized carbons (Fsp3) is 0.667. The van der Waals surface area contributed by atoms with Crippen LogP contribution in [0.1, 0.15) is 13.8 Å². The van der Waals surface area contributed by atoms with Crippen molar-refractivity contribution in [3.8, 4) is 0 Å². The van der Waals surface area contributed by atoms with E-state index in [4.69, 9.17) is 15.8 Å². The maximum Gasteiger partial charge on any atom is 0.367 e. The lowest BCUT2D eigenvalue weighted by Crippen LogP contribution is -2.48. The maximum absolute atomic E-state index is 8.46. The molecule has 0 fully saturated rings. The van der Waals surface area contributed by atoms with Crippen molar-refractivity contribution in [1.29, 1.82) is 0 Å². The van der Waals surface area contributed by atoms with Crippen molar-refractivity contribution < 1.29 is 30.4 Å². The van der Waals surface area contributed by atoms with E-state index in [2.05, 4.69) is 21.2 Å². The van der Waals surface area contributed by atoms with Gasteiger partial charge in [0.2, 0.25) is 0 Å². The van der Waals surface area contributed by atoms with Crippen molar-refractivity contribution in [3.63, 3.8) is 0 Å². The quantitative estimate of drug-likeness (QED) is 0.258. The normalized spacial score (nSPS) is 13.9. The lowest BCUT2D eigenvalue weighted by Gasteiger charge is -2.36. The first kappa shape index (κ1) is 12.7. The highest BCUT2D eigenvalue weighted by Crippen LogP contribution is 2.40. The summed E-state index contributed by atoms with van der Waals surface area (Å²) in [7, 11) is -0.979. The van der Waals surface area contributed by atoms with Crippen molar-refractivity contribution in [2.75, 3.05) is 0 Å². The fourth-order valence-electron chi connectivity index (χ4n) is 0.907. The van der Waals surface area contributed by atoms with Crippen LogP contribution >= 0.6 is 0 Å². The van der Waals surface area contributed by atoms with Gasteiger partial charge in [0.25, 0.3) is 0 Å². The van der Waals surface area contributed by atoms with Gasteiger partial charge in [-0.25, -0.2) is 15.8 Å². The Morgan fingerprint density at radius 1 is 1.15 bits per heavy atom. The minimum absolute atomic E-state index is 0.882. The molecule has 0 rings (SSSR count). The molecule has 0 saturated heterocycles. The minimum atomic E-state index is -2.27. The first-order valence-corrected chi connectivity index (χ1v) is 5.10. The van der Waals surface area contributed by atoms with Gasteiger partial charge < -0.3 is 0 Å². The van der Waals surface area contributed by atoms with Crippen LogP contribution in [-0.2, 0) is 14.7 Å². The summed E-state index contributed by atoms with van der Waals surface area (Å²) in [5, 5.41) is 24.5. The molecule has 0 unspecified atom stereocenters. The van der Waals surface area contributed by atoms with Crippen molar-refractivity contribution in [2.45, 2.75) is 24.9 Å². The second-order valence-corrected chi connectivity index (χ2v) is 5.96. The third-order valence-corrected chi connectivity index (χ3v) is 3.59. The van der Waals surface area contributed by atoms with Crippen LogP contribution in [0.4, 0.5) is 0 Å². The molecule has 0 aliphatic rings. The molecule has 3 N–H and O–H groups in total. The largest absolute Gasteiger partial charge is 0.367 e. The molecule has 0 aromatic rings. The lowest BCUT2D eigenvalue weighted by molar-refractivity contribution is -0.621. The fourth-order valence-corrected chi connectivity index (χ4v) is 2.07. The van der Waals surface area contributed by atoms with E-state index in [1.54, 1.807) is 19.5 Å². The zero-order chi connectivity index (χ0) is 10.5. The van der Waals surface area contributed by atoms with Gasteiger partial charge in [0.05, 0.1) is 9.52 Å². The molecule has 0 amide bonds. The van der Waals surface area contributed by atoms with Gasteiger partial charge in [-0.05, 0) is 0 Å². The third-order valence-electron chi connectivity index (χ3n) is 1.84. The summed E-state index contributed by atoms with van der Waals surface area (Å²) in [6.45, 7) is 6.69. The Morgan fingerprint density at radius 2 is 1.54 bits per heavy atom. The van der Waals surface area contributed by atoms with Crippen LogP contribution in [0.5, 0.6) is 0 Å². The van der Waals surface area contributed by atoms with E-state index in [1.807, 2.05) is 0 Å². The maximum atomic E-state index is 8.46. The van der Waals surface area contributed by atoms with Gasteiger partial charge in [-0.15, -0.1) is 12.3 Å². The van der Waals surface area contributed by atoms with E-state index in [0.29, 0.717) is 0 Å². The molecule has 78 valence electrons. The van der Waals surface area contributed by atoms with E-state index in [0.717, 1.165) is 0 Å². The van der Waals surface area contributed by atoms with Gasteiger partial charge in [-0.3, -0.25) is 0 Å². The van der Waals surface area contributed by atoms with Gasteiger partial charge in [0.15, 0.2) is 0 Å². The van der Waals surface area contributed by atoms with Crippen LogP contribution in [0.3, 0.4) is 0 Å². The van der Waals surface area contributed by atoms with E-state index < -0.39 is 20.5 Å². The van der Waals surface area contributed by atoms with Gasteiger partial charge in [-0.1, -0.05) is 13.8 Å². The highest BCUT2D eigenvalue weighted by molar-refractivity contribution is 6.46. The first-order chi connectivity index (χ1) is 5.99. The summed E-state index contributed by atoms with van der Waals surface area (Å²) in [6.07, 6.45) is 0. The molecule has 7 heteroatoms. The molecule has 0 radical (unpaired) electrons. The molecule has 0 aliphatic heterocycles. The molecule has 0 bridgehead atoms. The average Bonchev–Trinajstić information content (AvgIpc) is 2.07. The second kappa shape index (κ2) is 4.82. The van der Waals surface area contributed by atoms with Gasteiger partial charge in [-0.2, -0.15) is 14.7 Å². The van der Waals surface area contributed by atoms with Gasteiger partial charge in [0, 0.05) is 5.04 Å². The molecule has 0 aliphatic carbocycles. The Kier molecular flexibility index (Phi) is 4.71. The van der Waals surface area contributed by atoms with Crippen molar-refractivity contribution in [3.05, 3.63) is 12.3 Å². The van der Waals surface area contributed by atoms with E-state index in [1.165, 1.54) is 0 Å². The molecule has 0 saturated carbocycles. The van der Waals surface area contributed by atoms with Crippen LogP contribution in [0.2, 0.25) is 5.04 Å². The Labute approximate surface area is 78.0 Å². The van der Waals surface area contributed by atoms with Crippen LogP contribution in [0, 0.1) is 0 Å². The second-order valence-electron chi connectivity index (χ2n) is 3.21. The van der Waals surface area contributed by atoms with Crippen LogP contribution in [-0.4, -0.2) is 31.3 Å². The van der Waals surface area contributed by atoms with E-state index >= 15 is 0 Å². The standard InChI is InChI=1S/C6H14O6Si/c1-4-13-5(2,3)6(10-7,11-8)12-9/h4,7-9H,1,13H2,2-3H3.